The highest BCUT2D eigenvalue weighted by molar-refractivity contribution is 7.14. The van der Waals surface area contributed by atoms with Gasteiger partial charge in [-0.1, -0.05) is 64.6 Å². The summed E-state index contributed by atoms with van der Waals surface area (Å²) in [6.07, 6.45) is 0. The fourth-order valence-corrected chi connectivity index (χ4v) is 5.56. The molecule has 0 saturated carbocycles. The highest BCUT2D eigenvalue weighted by Gasteiger charge is 2.21. The Bertz CT molecular complexity index is 1620. The molecule has 174 valence electrons. The lowest BCUT2D eigenvalue weighted by Gasteiger charge is -2.15. The number of halogens is 4. The van der Waals surface area contributed by atoms with Gasteiger partial charge in [0.25, 0.3) is 5.91 Å². The quantitative estimate of drug-likeness (QED) is 0.239. The van der Waals surface area contributed by atoms with E-state index in [9.17, 15) is 4.79 Å². The summed E-state index contributed by atoms with van der Waals surface area (Å²) in [6, 6.07) is 17.9. The van der Waals surface area contributed by atoms with E-state index in [0.717, 1.165) is 10.9 Å². The zero-order valence-corrected chi connectivity index (χ0v) is 21.9. The maximum absolute atomic E-state index is 13.6. The van der Waals surface area contributed by atoms with Crippen molar-refractivity contribution in [2.45, 2.75) is 6.92 Å². The number of rotatable bonds is 4. The lowest BCUT2D eigenvalue weighted by atomic mass is 9.97. The van der Waals surface area contributed by atoms with E-state index in [-0.39, 0.29) is 5.91 Å². The average molecular weight is 559 g/mol. The molecular weight excluding hydrogens is 544 g/mol. The van der Waals surface area contributed by atoms with E-state index in [2.05, 4.69) is 10.3 Å². The van der Waals surface area contributed by atoms with Crippen LogP contribution in [0.25, 0.3) is 33.4 Å². The van der Waals surface area contributed by atoms with Crippen LogP contribution in [0.2, 0.25) is 20.1 Å². The van der Waals surface area contributed by atoms with E-state index in [1.54, 1.807) is 36.4 Å². The van der Waals surface area contributed by atoms with Gasteiger partial charge in [-0.05, 0) is 55.0 Å². The number of thiazole rings is 1. The second-order valence-electron chi connectivity index (χ2n) is 7.72. The molecule has 0 aliphatic carbocycles. The summed E-state index contributed by atoms with van der Waals surface area (Å²) in [5.41, 5.74) is 4.57. The minimum Gasteiger partial charge on any atom is -0.298 e. The van der Waals surface area contributed by atoms with Crippen LogP contribution in [0.5, 0.6) is 0 Å². The number of carbonyl (C=O) groups excluding carboxylic acids is 1. The predicted molar refractivity (Wildman–Crippen MR) is 147 cm³/mol. The summed E-state index contributed by atoms with van der Waals surface area (Å²) in [5.74, 6) is -0.296. The summed E-state index contributed by atoms with van der Waals surface area (Å²) in [6.45, 7) is 1.86. The van der Waals surface area contributed by atoms with Crippen molar-refractivity contribution in [2.75, 3.05) is 5.32 Å². The van der Waals surface area contributed by atoms with Gasteiger partial charge in [-0.3, -0.25) is 10.1 Å². The number of pyridine rings is 1. The largest absolute Gasteiger partial charge is 0.298 e. The molecule has 2 aromatic heterocycles. The molecule has 0 aliphatic rings. The van der Waals surface area contributed by atoms with Crippen molar-refractivity contribution in [3.8, 4) is 22.5 Å². The van der Waals surface area contributed by atoms with Crippen LogP contribution in [0.15, 0.2) is 66.0 Å². The van der Waals surface area contributed by atoms with E-state index < -0.39 is 0 Å². The van der Waals surface area contributed by atoms with Gasteiger partial charge in [0.1, 0.15) is 0 Å². The van der Waals surface area contributed by atoms with Gasteiger partial charge in [-0.15, -0.1) is 11.3 Å². The van der Waals surface area contributed by atoms with Crippen molar-refractivity contribution < 1.29 is 4.79 Å². The number of fused-ring (bicyclic) bond motifs is 1. The van der Waals surface area contributed by atoms with E-state index >= 15 is 0 Å². The second-order valence-corrected chi connectivity index (χ2v) is 10.3. The molecule has 0 bridgehead atoms. The molecule has 35 heavy (non-hydrogen) atoms. The molecule has 0 unspecified atom stereocenters. The Balaban J connectivity index is 1.56. The number of para-hydroxylation sites is 1. The Hall–Kier alpha value is -2.67. The van der Waals surface area contributed by atoms with E-state index in [1.165, 1.54) is 11.3 Å². The molecule has 3 aromatic carbocycles. The Morgan fingerprint density at radius 1 is 0.857 bits per heavy atom. The maximum atomic E-state index is 13.6. The molecule has 0 fully saturated rings. The second kappa shape index (κ2) is 9.76. The van der Waals surface area contributed by atoms with Gasteiger partial charge >= 0.3 is 0 Å². The lowest BCUT2D eigenvalue weighted by Crippen LogP contribution is -2.15. The summed E-state index contributed by atoms with van der Waals surface area (Å²) in [5, 5.41) is 7.95. The number of hydrogen-bond donors (Lipinski definition) is 1. The summed E-state index contributed by atoms with van der Waals surface area (Å²) >= 11 is 26.2. The number of hydrogen-bond acceptors (Lipinski definition) is 4. The van der Waals surface area contributed by atoms with Gasteiger partial charge in [0, 0.05) is 31.9 Å². The number of amides is 1. The SMILES string of the molecule is Cc1c(-c2ccc(Cl)cc2Cl)nc2ccccc2c1C(=O)Nc1nc(-c2ccc(Cl)cc2Cl)cs1. The molecule has 1 N–H and O–H groups in total. The Morgan fingerprint density at radius 2 is 1.51 bits per heavy atom. The van der Waals surface area contributed by atoms with Crippen LogP contribution in [0.3, 0.4) is 0 Å². The predicted octanol–water partition coefficient (Wildman–Crippen LogP) is 9.20. The van der Waals surface area contributed by atoms with Gasteiger partial charge in [-0.25, -0.2) is 9.97 Å². The molecule has 5 aromatic rings. The van der Waals surface area contributed by atoms with Crippen molar-refractivity contribution in [3.63, 3.8) is 0 Å². The van der Waals surface area contributed by atoms with Gasteiger partial charge in [-0.2, -0.15) is 0 Å². The molecule has 9 heteroatoms. The first-order valence-electron chi connectivity index (χ1n) is 10.4. The van der Waals surface area contributed by atoms with Crippen LogP contribution in [0.4, 0.5) is 5.13 Å². The number of aromatic nitrogens is 2. The third-order valence-corrected chi connectivity index (χ3v) is 7.33. The number of nitrogens with zero attached hydrogens (tertiary/aromatic N) is 2. The standard InChI is InChI=1S/C26H15Cl4N3OS/c1-13-23(25(34)33-26-32-22(12-35-26)16-8-6-14(27)10-19(16)29)18-4-2-3-5-21(18)31-24(13)17-9-7-15(28)11-20(17)30/h2-12H,1H3,(H,32,33,34). The highest BCUT2D eigenvalue weighted by atomic mass is 35.5. The fraction of sp³-hybridized carbons (Fsp3) is 0.0385. The molecule has 0 saturated heterocycles. The number of anilines is 1. The third kappa shape index (κ3) is 4.75. The summed E-state index contributed by atoms with van der Waals surface area (Å²) < 4.78 is 0. The fourth-order valence-electron chi connectivity index (χ4n) is 3.86. The average Bonchev–Trinajstić information content (AvgIpc) is 3.27. The normalized spacial score (nSPS) is 11.1. The van der Waals surface area contributed by atoms with Crippen LogP contribution in [0, 0.1) is 6.92 Å². The molecule has 0 aliphatic heterocycles. The Morgan fingerprint density at radius 3 is 2.20 bits per heavy atom. The van der Waals surface area contributed by atoms with Crippen LogP contribution < -0.4 is 5.32 Å². The molecule has 0 spiro atoms. The van der Waals surface area contributed by atoms with E-state index in [1.807, 2.05) is 36.6 Å². The first-order chi connectivity index (χ1) is 16.8. The molecule has 4 nitrogen and oxygen atoms in total. The zero-order valence-electron chi connectivity index (χ0n) is 18.1. The van der Waals surface area contributed by atoms with Crippen LogP contribution in [0.1, 0.15) is 15.9 Å². The minimum absolute atomic E-state index is 0.296. The van der Waals surface area contributed by atoms with Crippen LogP contribution >= 0.6 is 57.7 Å². The zero-order chi connectivity index (χ0) is 24.7. The molecule has 1 amide bonds. The first-order valence-corrected chi connectivity index (χ1v) is 12.8. The first kappa shape index (κ1) is 24.0. The summed E-state index contributed by atoms with van der Waals surface area (Å²) in [4.78, 5) is 22.9. The van der Waals surface area contributed by atoms with Gasteiger partial charge < -0.3 is 0 Å². The van der Waals surface area contributed by atoms with Crippen molar-refractivity contribution in [3.05, 3.63) is 97.3 Å². The van der Waals surface area contributed by atoms with Gasteiger partial charge in [0.15, 0.2) is 5.13 Å². The van der Waals surface area contributed by atoms with Crippen molar-refractivity contribution in [2.24, 2.45) is 0 Å². The number of benzene rings is 3. The molecule has 5 rings (SSSR count). The van der Waals surface area contributed by atoms with Gasteiger partial charge in [0.05, 0.1) is 32.5 Å². The molecule has 0 radical (unpaired) electrons. The lowest BCUT2D eigenvalue weighted by molar-refractivity contribution is 0.102. The topological polar surface area (TPSA) is 54.9 Å². The maximum Gasteiger partial charge on any atom is 0.258 e. The summed E-state index contributed by atoms with van der Waals surface area (Å²) in [7, 11) is 0. The highest BCUT2D eigenvalue weighted by Crippen LogP contribution is 2.36. The molecular formula is C26H15Cl4N3OS. The Labute approximate surface area is 225 Å². The van der Waals surface area contributed by atoms with Crippen molar-refractivity contribution in [1.29, 1.82) is 0 Å². The van der Waals surface area contributed by atoms with Gasteiger partial charge in [0.2, 0.25) is 0 Å². The van der Waals surface area contributed by atoms with E-state index in [0.29, 0.717) is 58.8 Å². The smallest absolute Gasteiger partial charge is 0.258 e. The number of carbonyl (C=O) groups is 1. The Kier molecular flexibility index (Phi) is 6.71. The monoisotopic (exact) mass is 557 g/mol. The minimum atomic E-state index is -0.296. The molecule has 0 atom stereocenters. The van der Waals surface area contributed by atoms with Crippen LogP contribution in [-0.4, -0.2) is 15.9 Å². The van der Waals surface area contributed by atoms with Crippen molar-refractivity contribution in [1.82, 2.24) is 9.97 Å². The van der Waals surface area contributed by atoms with Crippen molar-refractivity contribution >= 4 is 79.7 Å². The van der Waals surface area contributed by atoms with E-state index in [4.69, 9.17) is 51.4 Å². The number of nitrogens with one attached hydrogen (secondary N) is 1. The van der Waals surface area contributed by atoms with Crippen LogP contribution in [-0.2, 0) is 0 Å². The molecule has 2 heterocycles. The third-order valence-electron chi connectivity index (χ3n) is 5.48.